The van der Waals surface area contributed by atoms with Crippen LogP contribution in [0.15, 0.2) is 55.1 Å². The third-order valence-electron chi connectivity index (χ3n) is 7.20. The summed E-state index contributed by atoms with van der Waals surface area (Å²) in [6, 6.07) is 10.3. The van der Waals surface area contributed by atoms with Crippen LogP contribution in [0.5, 0.6) is 0 Å². The number of fused-ring (bicyclic) bond motifs is 2. The molecule has 5 heterocycles. The number of hydrogen-bond donors (Lipinski definition) is 3. The molecule has 1 saturated heterocycles. The second-order valence-corrected chi connectivity index (χ2v) is 11.1. The molecule has 3 N–H and O–H groups in total. The summed E-state index contributed by atoms with van der Waals surface area (Å²) in [5, 5.41) is 13.0. The van der Waals surface area contributed by atoms with Gasteiger partial charge in [-0.15, -0.1) is 0 Å². The number of amides is 1. The number of hydrogen-bond acceptors (Lipinski definition) is 6. The van der Waals surface area contributed by atoms with Crippen LogP contribution in [0, 0.1) is 5.41 Å². The van der Waals surface area contributed by atoms with Gasteiger partial charge in [0.05, 0.1) is 46.7 Å². The molecule has 9 nitrogen and oxygen atoms in total. The maximum absolute atomic E-state index is 12.5. The molecule has 5 aromatic rings. The standard InChI is InChI=1S/C29H32N8O/c1-29(2,3)28(38)32-20-11-19(14-30-15-20)18-5-6-23-22(12-18)27(35-34-23)24-13-21-25(33-24)16-31-17-26(21)37-9-7-36(4)8-10-37/h5-6,11-17,33H,7-10H2,1-4H3,(H,32,38)(H,34,35). The molecule has 1 aliphatic rings. The van der Waals surface area contributed by atoms with Gasteiger partial charge in [0.2, 0.25) is 5.91 Å². The zero-order valence-electron chi connectivity index (χ0n) is 22.2. The van der Waals surface area contributed by atoms with Gasteiger partial charge in [0.1, 0.15) is 5.69 Å². The number of rotatable bonds is 4. The first-order chi connectivity index (χ1) is 18.3. The Morgan fingerprint density at radius 2 is 1.68 bits per heavy atom. The van der Waals surface area contributed by atoms with E-state index < -0.39 is 5.41 Å². The van der Waals surface area contributed by atoms with Gasteiger partial charge < -0.3 is 20.1 Å². The maximum Gasteiger partial charge on any atom is 0.229 e. The minimum absolute atomic E-state index is 0.0479. The Bertz CT molecular complexity index is 1640. The van der Waals surface area contributed by atoms with Gasteiger partial charge in [-0.2, -0.15) is 5.10 Å². The van der Waals surface area contributed by atoms with Gasteiger partial charge in [-0.05, 0) is 36.9 Å². The molecule has 4 aromatic heterocycles. The van der Waals surface area contributed by atoms with Crippen molar-refractivity contribution in [2.24, 2.45) is 5.41 Å². The van der Waals surface area contributed by atoms with Crippen molar-refractivity contribution in [2.75, 3.05) is 43.4 Å². The van der Waals surface area contributed by atoms with Crippen molar-refractivity contribution in [1.29, 1.82) is 0 Å². The van der Waals surface area contributed by atoms with E-state index in [2.05, 4.69) is 59.4 Å². The lowest BCUT2D eigenvalue weighted by atomic mass is 9.95. The molecule has 9 heteroatoms. The summed E-state index contributed by atoms with van der Waals surface area (Å²) in [4.78, 5) is 29.7. The number of H-pyrrole nitrogens is 2. The molecule has 0 saturated carbocycles. The number of anilines is 2. The summed E-state index contributed by atoms with van der Waals surface area (Å²) in [6.45, 7) is 9.71. The van der Waals surface area contributed by atoms with Crippen LogP contribution in [0.1, 0.15) is 20.8 Å². The maximum atomic E-state index is 12.5. The molecule has 1 amide bonds. The second kappa shape index (κ2) is 9.25. The summed E-state index contributed by atoms with van der Waals surface area (Å²) in [6.07, 6.45) is 7.32. The number of aromatic amines is 2. The average molecular weight is 509 g/mol. The Balaban J connectivity index is 1.35. The van der Waals surface area contributed by atoms with Gasteiger partial charge in [-0.1, -0.05) is 26.8 Å². The summed E-state index contributed by atoms with van der Waals surface area (Å²) < 4.78 is 0. The van der Waals surface area contributed by atoms with Gasteiger partial charge >= 0.3 is 0 Å². The third kappa shape index (κ3) is 4.50. The van der Waals surface area contributed by atoms with E-state index in [9.17, 15) is 4.79 Å². The van der Waals surface area contributed by atoms with Crippen LogP contribution >= 0.6 is 0 Å². The highest BCUT2D eigenvalue weighted by Crippen LogP contribution is 2.35. The molecule has 1 fully saturated rings. The van der Waals surface area contributed by atoms with Gasteiger partial charge in [-0.3, -0.25) is 19.9 Å². The van der Waals surface area contributed by atoms with Crippen LogP contribution in [0.25, 0.3) is 44.3 Å². The molecule has 0 radical (unpaired) electrons. The lowest BCUT2D eigenvalue weighted by molar-refractivity contribution is -0.123. The minimum Gasteiger partial charge on any atom is -0.367 e. The normalized spacial score (nSPS) is 14.9. The highest BCUT2D eigenvalue weighted by Gasteiger charge is 2.22. The molecule has 194 valence electrons. The number of piperazine rings is 1. The van der Waals surface area contributed by atoms with Crippen LogP contribution in [0.2, 0.25) is 0 Å². The lowest BCUT2D eigenvalue weighted by Gasteiger charge is -2.34. The molecular formula is C29H32N8O. The van der Waals surface area contributed by atoms with Crippen molar-refractivity contribution in [2.45, 2.75) is 20.8 Å². The van der Waals surface area contributed by atoms with Gasteiger partial charge in [0.15, 0.2) is 0 Å². The van der Waals surface area contributed by atoms with E-state index in [0.717, 1.165) is 76.2 Å². The van der Waals surface area contributed by atoms with E-state index in [1.54, 1.807) is 6.20 Å². The van der Waals surface area contributed by atoms with Crippen LogP contribution in [0.3, 0.4) is 0 Å². The molecule has 0 aliphatic carbocycles. The number of nitrogens with zero attached hydrogens (tertiary/aromatic N) is 5. The van der Waals surface area contributed by atoms with E-state index in [-0.39, 0.29) is 5.91 Å². The topological polar surface area (TPSA) is 106 Å². The Morgan fingerprint density at radius 1 is 0.895 bits per heavy atom. The second-order valence-electron chi connectivity index (χ2n) is 11.1. The van der Waals surface area contributed by atoms with E-state index >= 15 is 0 Å². The highest BCUT2D eigenvalue weighted by atomic mass is 16.2. The summed E-state index contributed by atoms with van der Waals surface area (Å²) in [5.41, 5.74) is 7.00. The molecule has 38 heavy (non-hydrogen) atoms. The first-order valence-corrected chi connectivity index (χ1v) is 12.9. The lowest BCUT2D eigenvalue weighted by Crippen LogP contribution is -2.44. The first kappa shape index (κ1) is 24.1. The molecule has 6 rings (SSSR count). The van der Waals surface area contributed by atoms with Crippen molar-refractivity contribution >= 4 is 39.1 Å². The SMILES string of the molecule is CN1CCN(c2cncc3[nH]c(-c4n[nH]c5ccc(-c6cncc(NC(=O)C(C)(C)C)c6)cc45)cc23)CC1. The summed E-state index contributed by atoms with van der Waals surface area (Å²) >= 11 is 0. The zero-order chi connectivity index (χ0) is 26.4. The van der Waals surface area contributed by atoms with Crippen LogP contribution < -0.4 is 10.2 Å². The van der Waals surface area contributed by atoms with Crippen molar-refractivity contribution < 1.29 is 4.79 Å². The zero-order valence-corrected chi connectivity index (χ0v) is 22.2. The number of carbonyl (C=O) groups is 1. The summed E-state index contributed by atoms with van der Waals surface area (Å²) in [7, 11) is 2.16. The first-order valence-electron chi connectivity index (χ1n) is 12.9. The predicted molar refractivity (Wildman–Crippen MR) is 152 cm³/mol. The third-order valence-corrected chi connectivity index (χ3v) is 7.20. The quantitative estimate of drug-likeness (QED) is 0.319. The molecule has 1 aromatic carbocycles. The van der Waals surface area contributed by atoms with E-state index in [4.69, 9.17) is 0 Å². The number of pyridine rings is 2. The largest absolute Gasteiger partial charge is 0.367 e. The van der Waals surface area contributed by atoms with Gasteiger partial charge in [-0.25, -0.2) is 0 Å². The fourth-order valence-corrected chi connectivity index (χ4v) is 4.85. The molecule has 0 unspecified atom stereocenters. The van der Waals surface area contributed by atoms with Crippen molar-refractivity contribution in [3.63, 3.8) is 0 Å². The van der Waals surface area contributed by atoms with Gasteiger partial charge in [0.25, 0.3) is 0 Å². The van der Waals surface area contributed by atoms with Crippen LogP contribution in [-0.2, 0) is 4.79 Å². The number of likely N-dealkylation sites (N-methyl/N-ethyl adjacent to an activating group) is 1. The van der Waals surface area contributed by atoms with Crippen molar-refractivity contribution in [1.82, 2.24) is 30.0 Å². The van der Waals surface area contributed by atoms with Crippen LogP contribution in [-0.4, -0.2) is 69.2 Å². The highest BCUT2D eigenvalue weighted by molar-refractivity contribution is 6.01. The van der Waals surface area contributed by atoms with Crippen molar-refractivity contribution in [3.05, 3.63) is 55.1 Å². The Kier molecular flexibility index (Phi) is 5.87. The van der Waals surface area contributed by atoms with Gasteiger partial charge in [0, 0.05) is 54.1 Å². The molecule has 1 aliphatic heterocycles. The molecule has 0 spiro atoms. The van der Waals surface area contributed by atoms with E-state index in [0.29, 0.717) is 5.69 Å². The minimum atomic E-state index is -0.486. The number of carbonyl (C=O) groups excluding carboxylic acids is 1. The number of nitrogens with one attached hydrogen (secondary N) is 3. The van der Waals surface area contributed by atoms with Crippen molar-refractivity contribution in [3.8, 4) is 22.5 Å². The predicted octanol–water partition coefficient (Wildman–Crippen LogP) is 4.90. The number of benzene rings is 1. The number of aromatic nitrogens is 5. The molecule has 0 bridgehead atoms. The average Bonchev–Trinajstić information content (AvgIpc) is 3.52. The fraction of sp³-hybridized carbons (Fsp3) is 0.310. The van der Waals surface area contributed by atoms with Crippen LogP contribution in [0.4, 0.5) is 11.4 Å². The van der Waals surface area contributed by atoms with E-state index in [1.165, 1.54) is 0 Å². The smallest absolute Gasteiger partial charge is 0.229 e. The Labute approximate surface area is 221 Å². The Hall–Kier alpha value is -4.24. The van der Waals surface area contributed by atoms with E-state index in [1.807, 2.05) is 57.6 Å². The molecular weight excluding hydrogens is 476 g/mol. The fourth-order valence-electron chi connectivity index (χ4n) is 4.85. The summed E-state index contributed by atoms with van der Waals surface area (Å²) in [5.74, 6) is -0.0479. The molecule has 0 atom stereocenters. The monoisotopic (exact) mass is 508 g/mol. The Morgan fingerprint density at radius 3 is 2.47 bits per heavy atom.